The van der Waals surface area contributed by atoms with E-state index in [1.807, 2.05) is 6.08 Å². The maximum Gasteiger partial charge on any atom is 0.275 e. The first-order valence-electron chi connectivity index (χ1n) is 9.41. The minimum absolute atomic E-state index is 0.0846. The number of benzene rings is 1. The molecular formula is C22H16FN7O2. The summed E-state index contributed by atoms with van der Waals surface area (Å²) in [5.41, 5.74) is 1.07. The summed E-state index contributed by atoms with van der Waals surface area (Å²) in [5.74, 6) is -1.44. The molecule has 4 rings (SSSR count). The molecule has 3 heterocycles. The van der Waals surface area contributed by atoms with Crippen molar-refractivity contribution >= 4 is 35.2 Å². The lowest BCUT2D eigenvalue weighted by Crippen LogP contribution is -2.20. The van der Waals surface area contributed by atoms with Gasteiger partial charge in [-0.1, -0.05) is 6.08 Å². The smallest absolute Gasteiger partial charge is 0.275 e. The zero-order chi connectivity index (χ0) is 22.3. The van der Waals surface area contributed by atoms with Crippen molar-refractivity contribution in [3.63, 3.8) is 0 Å². The lowest BCUT2D eigenvalue weighted by molar-refractivity contribution is 0.102. The fraction of sp³-hybridized carbons (Fsp3) is 0. The van der Waals surface area contributed by atoms with Crippen LogP contribution in [0.4, 0.5) is 21.6 Å². The predicted octanol–water partition coefficient (Wildman–Crippen LogP) is 3.39. The number of halogens is 1. The Bertz CT molecular complexity index is 1210. The number of anilines is 3. The van der Waals surface area contributed by atoms with Gasteiger partial charge in [0, 0.05) is 24.8 Å². The van der Waals surface area contributed by atoms with Crippen LogP contribution in [-0.2, 0) is 0 Å². The predicted molar refractivity (Wildman–Crippen MR) is 118 cm³/mol. The van der Waals surface area contributed by atoms with Crippen molar-refractivity contribution in [3.8, 4) is 0 Å². The van der Waals surface area contributed by atoms with Gasteiger partial charge in [-0.15, -0.1) is 0 Å². The summed E-state index contributed by atoms with van der Waals surface area (Å²) in [7, 11) is 0. The fourth-order valence-corrected chi connectivity index (χ4v) is 2.76. The number of hydrogen-bond acceptors (Lipinski definition) is 7. The number of nitrogens with zero attached hydrogens (tertiary/aromatic N) is 5. The summed E-state index contributed by atoms with van der Waals surface area (Å²) in [6.45, 7) is 0. The Morgan fingerprint density at radius 1 is 0.906 bits per heavy atom. The molecule has 0 unspecified atom stereocenters. The molecule has 0 fully saturated rings. The van der Waals surface area contributed by atoms with Crippen molar-refractivity contribution in [1.82, 2.24) is 15.0 Å². The highest BCUT2D eigenvalue weighted by atomic mass is 19.1. The molecular weight excluding hydrogens is 413 g/mol. The van der Waals surface area contributed by atoms with Crippen LogP contribution in [0.15, 0.2) is 84.6 Å². The standard InChI is InChI=1S/C22H16FN7O2/c23-15-4-7-20(26-13-15)29-21(31)17-6-5-16(30-11-3-1-2-8-27-30)12-18(17)28-22(32)19-14-24-9-10-25-19/h1-14H,(H,28,32)(H,26,29,31). The van der Waals surface area contributed by atoms with Crippen molar-refractivity contribution in [2.75, 3.05) is 15.6 Å². The zero-order valence-electron chi connectivity index (χ0n) is 16.5. The molecule has 0 bridgehead atoms. The Kier molecular flexibility index (Phi) is 6.03. The molecule has 1 aliphatic rings. The Balaban J connectivity index is 1.66. The maximum absolute atomic E-state index is 13.1. The number of carbonyl (C=O) groups is 2. The molecule has 9 nitrogen and oxygen atoms in total. The van der Waals surface area contributed by atoms with E-state index in [1.165, 1.54) is 30.7 Å². The third kappa shape index (κ3) is 4.87. The third-order valence-corrected chi connectivity index (χ3v) is 4.25. The largest absolute Gasteiger partial charge is 0.320 e. The molecule has 10 heteroatoms. The first-order chi connectivity index (χ1) is 15.6. The Morgan fingerprint density at radius 2 is 1.81 bits per heavy atom. The second kappa shape index (κ2) is 9.39. The number of hydrogen-bond donors (Lipinski definition) is 2. The van der Waals surface area contributed by atoms with E-state index >= 15 is 0 Å². The van der Waals surface area contributed by atoms with Gasteiger partial charge in [0.15, 0.2) is 0 Å². The molecule has 2 aromatic heterocycles. The summed E-state index contributed by atoms with van der Waals surface area (Å²) >= 11 is 0. The van der Waals surface area contributed by atoms with Gasteiger partial charge in [-0.05, 0) is 42.5 Å². The molecule has 3 aromatic rings. The van der Waals surface area contributed by atoms with E-state index < -0.39 is 17.6 Å². The Hall–Kier alpha value is -4.73. The van der Waals surface area contributed by atoms with Crippen LogP contribution in [0.3, 0.4) is 0 Å². The number of amides is 2. The van der Waals surface area contributed by atoms with Crippen LogP contribution in [-0.4, -0.2) is 33.0 Å². The summed E-state index contributed by atoms with van der Waals surface area (Å²) in [5, 5.41) is 11.1. The van der Waals surface area contributed by atoms with E-state index in [2.05, 4.69) is 30.7 Å². The van der Waals surface area contributed by atoms with Gasteiger partial charge in [0.05, 0.1) is 29.3 Å². The van der Waals surface area contributed by atoms with E-state index in [1.54, 1.807) is 47.8 Å². The summed E-state index contributed by atoms with van der Waals surface area (Å²) in [4.78, 5) is 37.2. The van der Waals surface area contributed by atoms with E-state index in [0.29, 0.717) is 5.69 Å². The van der Waals surface area contributed by atoms with Gasteiger partial charge in [0.25, 0.3) is 11.8 Å². The molecule has 1 aliphatic heterocycles. The quantitative estimate of drug-likeness (QED) is 0.643. The van der Waals surface area contributed by atoms with E-state index in [9.17, 15) is 14.0 Å². The maximum atomic E-state index is 13.1. The first-order valence-corrected chi connectivity index (χ1v) is 9.41. The number of rotatable bonds is 5. The normalized spacial score (nSPS) is 12.3. The molecule has 0 aliphatic carbocycles. The monoisotopic (exact) mass is 429 g/mol. The van der Waals surface area contributed by atoms with Crippen LogP contribution in [0, 0.1) is 5.82 Å². The molecule has 0 atom stereocenters. The minimum atomic E-state index is -0.541. The Morgan fingerprint density at radius 3 is 2.59 bits per heavy atom. The van der Waals surface area contributed by atoms with Gasteiger partial charge in [-0.25, -0.2) is 19.4 Å². The lowest BCUT2D eigenvalue weighted by Gasteiger charge is -2.17. The second-order valence-corrected chi connectivity index (χ2v) is 6.43. The Labute approximate surface area is 182 Å². The average molecular weight is 429 g/mol. The highest BCUT2D eigenvalue weighted by molar-refractivity contribution is 6.12. The third-order valence-electron chi connectivity index (χ3n) is 4.25. The number of pyridine rings is 1. The number of nitrogens with one attached hydrogen (secondary N) is 2. The summed E-state index contributed by atoms with van der Waals surface area (Å²) < 4.78 is 13.1. The SMILES string of the molecule is O=C(Nc1cc(N2C=CC=CC=N2)ccc1C(=O)Nc1ccc(F)cn1)c1cnccn1. The molecule has 0 radical (unpaired) electrons. The van der Waals surface area contributed by atoms with Gasteiger partial charge < -0.3 is 10.6 Å². The van der Waals surface area contributed by atoms with E-state index in [0.717, 1.165) is 6.20 Å². The van der Waals surface area contributed by atoms with Crippen molar-refractivity contribution in [2.45, 2.75) is 0 Å². The van der Waals surface area contributed by atoms with Gasteiger partial charge in [-0.3, -0.25) is 14.6 Å². The van der Waals surface area contributed by atoms with Gasteiger partial charge >= 0.3 is 0 Å². The van der Waals surface area contributed by atoms with Crippen molar-refractivity contribution in [3.05, 3.63) is 96.6 Å². The summed E-state index contributed by atoms with van der Waals surface area (Å²) in [6.07, 6.45) is 13.9. The molecule has 1 aromatic carbocycles. The summed E-state index contributed by atoms with van der Waals surface area (Å²) in [6, 6.07) is 7.34. The van der Waals surface area contributed by atoms with Crippen LogP contribution >= 0.6 is 0 Å². The number of allylic oxidation sites excluding steroid dienone is 3. The molecule has 158 valence electrons. The van der Waals surface area contributed by atoms with Crippen molar-refractivity contribution < 1.29 is 14.0 Å². The van der Waals surface area contributed by atoms with Crippen molar-refractivity contribution in [1.29, 1.82) is 0 Å². The van der Waals surface area contributed by atoms with Crippen LogP contribution in [0.5, 0.6) is 0 Å². The van der Waals surface area contributed by atoms with Gasteiger partial charge in [0.2, 0.25) is 0 Å². The molecule has 2 amide bonds. The number of hydrazone groups is 1. The zero-order valence-corrected chi connectivity index (χ0v) is 16.5. The molecule has 2 N–H and O–H groups in total. The topological polar surface area (TPSA) is 112 Å². The highest BCUT2D eigenvalue weighted by Crippen LogP contribution is 2.26. The highest BCUT2D eigenvalue weighted by Gasteiger charge is 2.18. The van der Waals surface area contributed by atoms with Crippen LogP contribution in [0.1, 0.15) is 20.8 Å². The molecule has 0 spiro atoms. The van der Waals surface area contributed by atoms with Gasteiger partial charge in [0.1, 0.15) is 17.3 Å². The number of carbonyl (C=O) groups excluding carboxylic acids is 2. The van der Waals surface area contributed by atoms with E-state index in [4.69, 9.17) is 0 Å². The average Bonchev–Trinajstić information content (AvgIpc) is 3.11. The van der Waals surface area contributed by atoms with Gasteiger partial charge in [-0.2, -0.15) is 5.10 Å². The minimum Gasteiger partial charge on any atom is -0.320 e. The van der Waals surface area contributed by atoms with E-state index in [-0.39, 0.29) is 22.8 Å². The van der Waals surface area contributed by atoms with Crippen LogP contribution < -0.4 is 15.6 Å². The lowest BCUT2D eigenvalue weighted by atomic mass is 10.1. The fourth-order valence-electron chi connectivity index (χ4n) is 2.76. The first kappa shape index (κ1) is 20.5. The molecule has 0 saturated heterocycles. The van der Waals surface area contributed by atoms with Crippen molar-refractivity contribution in [2.24, 2.45) is 5.10 Å². The van der Waals surface area contributed by atoms with Crippen LogP contribution in [0.25, 0.3) is 0 Å². The molecule has 32 heavy (non-hydrogen) atoms. The molecule has 0 saturated carbocycles. The number of aromatic nitrogens is 3. The van der Waals surface area contributed by atoms with Crippen LogP contribution in [0.2, 0.25) is 0 Å². The second-order valence-electron chi connectivity index (χ2n) is 6.43.